The normalized spacial score (nSPS) is 17.8. The highest BCUT2D eigenvalue weighted by molar-refractivity contribution is 5.94. The van der Waals surface area contributed by atoms with E-state index in [1.54, 1.807) is 21.3 Å². The topological polar surface area (TPSA) is 73.3 Å². The summed E-state index contributed by atoms with van der Waals surface area (Å²) in [5.41, 5.74) is 1.90. The van der Waals surface area contributed by atoms with Gasteiger partial charge in [-0.05, 0) is 68.1 Å². The van der Waals surface area contributed by atoms with Gasteiger partial charge in [-0.3, -0.25) is 0 Å². The molecule has 0 spiro atoms. The minimum absolute atomic E-state index is 0.146. The fraction of sp³-hybridized carbons (Fsp3) is 0.458. The molecule has 2 atom stereocenters. The van der Waals surface area contributed by atoms with E-state index in [1.165, 1.54) is 0 Å². The van der Waals surface area contributed by atoms with Crippen LogP contribution in [-0.2, 0) is 6.54 Å². The number of aliphatic imine (C=N–C) groups is 1. The highest BCUT2D eigenvalue weighted by Gasteiger charge is 2.33. The number of ether oxygens (including phenoxy) is 4. The summed E-state index contributed by atoms with van der Waals surface area (Å²) in [6.45, 7) is 6.72. The second kappa shape index (κ2) is 10.3. The molecule has 7 heteroatoms. The molecule has 2 aromatic rings. The van der Waals surface area contributed by atoms with Gasteiger partial charge in [0.15, 0.2) is 17.5 Å². The first kappa shape index (κ1) is 22.6. The summed E-state index contributed by atoms with van der Waals surface area (Å²) in [4.78, 5) is 4.79. The summed E-state index contributed by atoms with van der Waals surface area (Å²) in [6, 6.07) is 12.2. The van der Waals surface area contributed by atoms with Crippen molar-refractivity contribution in [1.82, 2.24) is 5.32 Å². The minimum Gasteiger partial charge on any atom is -0.493 e. The summed E-state index contributed by atoms with van der Waals surface area (Å²) in [5, 5.41) is 6.90. The number of nitrogens with one attached hydrogen (secondary N) is 2. The van der Waals surface area contributed by atoms with Gasteiger partial charge in [-0.1, -0.05) is 6.92 Å². The maximum Gasteiger partial charge on any atom is 0.203 e. The average Bonchev–Trinajstić information content (AvgIpc) is 3.46. The van der Waals surface area contributed by atoms with E-state index >= 15 is 0 Å². The lowest BCUT2D eigenvalue weighted by Crippen LogP contribution is -2.33. The Balaban J connectivity index is 1.77. The summed E-state index contributed by atoms with van der Waals surface area (Å²) in [5.74, 6) is 4.04. The first-order chi connectivity index (χ1) is 14.9. The molecule has 0 aromatic heterocycles. The van der Waals surface area contributed by atoms with Crippen molar-refractivity contribution in [3.05, 3.63) is 42.0 Å². The van der Waals surface area contributed by atoms with Crippen molar-refractivity contribution in [3.63, 3.8) is 0 Å². The monoisotopic (exact) mass is 427 g/mol. The SMILES string of the molecule is COc1cc(CN=C(Nc2ccc(OC(C)C)cc2)NC2CC2C)cc(OC)c1OC. The van der Waals surface area contributed by atoms with Gasteiger partial charge in [-0.15, -0.1) is 0 Å². The second-order valence-corrected chi connectivity index (χ2v) is 7.98. The Labute approximate surface area is 184 Å². The van der Waals surface area contributed by atoms with Crippen LogP contribution >= 0.6 is 0 Å². The number of hydrogen-bond donors (Lipinski definition) is 2. The van der Waals surface area contributed by atoms with E-state index in [2.05, 4.69) is 17.6 Å². The Bertz CT molecular complexity index is 871. The van der Waals surface area contributed by atoms with E-state index < -0.39 is 0 Å². The predicted octanol–water partition coefficient (Wildman–Crippen LogP) is 4.47. The van der Waals surface area contributed by atoms with Gasteiger partial charge in [-0.25, -0.2) is 4.99 Å². The van der Waals surface area contributed by atoms with Crippen molar-refractivity contribution < 1.29 is 18.9 Å². The molecule has 1 aliphatic rings. The van der Waals surface area contributed by atoms with Gasteiger partial charge in [-0.2, -0.15) is 0 Å². The maximum atomic E-state index is 5.72. The molecule has 0 radical (unpaired) electrons. The number of rotatable bonds is 9. The van der Waals surface area contributed by atoms with Crippen LogP contribution in [0.4, 0.5) is 5.69 Å². The molecule has 0 heterocycles. The molecule has 168 valence electrons. The van der Waals surface area contributed by atoms with E-state index in [9.17, 15) is 0 Å². The fourth-order valence-corrected chi connectivity index (χ4v) is 3.24. The average molecular weight is 428 g/mol. The molecule has 0 saturated heterocycles. The van der Waals surface area contributed by atoms with Crippen LogP contribution in [0.3, 0.4) is 0 Å². The number of hydrogen-bond acceptors (Lipinski definition) is 5. The zero-order valence-electron chi connectivity index (χ0n) is 19.2. The molecule has 3 rings (SSSR count). The van der Waals surface area contributed by atoms with Crippen LogP contribution in [0.1, 0.15) is 32.8 Å². The van der Waals surface area contributed by atoms with Gasteiger partial charge in [0.1, 0.15) is 5.75 Å². The van der Waals surface area contributed by atoms with Crippen LogP contribution in [0.2, 0.25) is 0 Å². The van der Waals surface area contributed by atoms with Crippen LogP contribution < -0.4 is 29.6 Å². The minimum atomic E-state index is 0.146. The number of benzene rings is 2. The largest absolute Gasteiger partial charge is 0.493 e. The van der Waals surface area contributed by atoms with Gasteiger partial charge in [0.2, 0.25) is 5.75 Å². The number of methoxy groups -OCH3 is 3. The lowest BCUT2D eigenvalue weighted by molar-refractivity contribution is 0.242. The van der Waals surface area contributed by atoms with Crippen molar-refractivity contribution in [3.8, 4) is 23.0 Å². The molecular weight excluding hydrogens is 394 g/mol. The standard InChI is InChI=1S/C24H33N3O4/c1-15(2)31-19-9-7-18(8-10-19)26-24(27-20-11-16(20)3)25-14-17-12-21(28-4)23(30-6)22(13-17)29-5/h7-10,12-13,15-16,20H,11,14H2,1-6H3,(H2,25,26,27). The van der Waals surface area contributed by atoms with Crippen molar-refractivity contribution >= 4 is 11.6 Å². The van der Waals surface area contributed by atoms with E-state index in [-0.39, 0.29) is 6.10 Å². The second-order valence-electron chi connectivity index (χ2n) is 7.98. The number of anilines is 1. The van der Waals surface area contributed by atoms with Gasteiger partial charge in [0, 0.05) is 11.7 Å². The van der Waals surface area contributed by atoms with Gasteiger partial charge >= 0.3 is 0 Å². The van der Waals surface area contributed by atoms with Crippen LogP contribution in [0.25, 0.3) is 0 Å². The molecule has 1 saturated carbocycles. The smallest absolute Gasteiger partial charge is 0.203 e. The third-order valence-electron chi connectivity index (χ3n) is 5.06. The first-order valence-electron chi connectivity index (χ1n) is 10.6. The molecule has 2 N–H and O–H groups in total. The molecular formula is C24H33N3O4. The van der Waals surface area contributed by atoms with Crippen molar-refractivity contribution in [2.75, 3.05) is 26.6 Å². The molecule has 1 fully saturated rings. The molecule has 0 bridgehead atoms. The Morgan fingerprint density at radius 1 is 1.03 bits per heavy atom. The maximum absolute atomic E-state index is 5.72. The van der Waals surface area contributed by atoms with Crippen LogP contribution in [0.5, 0.6) is 23.0 Å². The number of nitrogens with zero attached hydrogens (tertiary/aromatic N) is 1. The molecule has 0 amide bonds. The summed E-state index contributed by atoms with van der Waals surface area (Å²) >= 11 is 0. The van der Waals surface area contributed by atoms with Gasteiger partial charge < -0.3 is 29.6 Å². The van der Waals surface area contributed by atoms with Crippen molar-refractivity contribution in [1.29, 1.82) is 0 Å². The Hall–Kier alpha value is -3.09. The fourth-order valence-electron chi connectivity index (χ4n) is 3.24. The molecule has 7 nitrogen and oxygen atoms in total. The summed E-state index contributed by atoms with van der Waals surface area (Å²) in [6.07, 6.45) is 1.29. The van der Waals surface area contributed by atoms with Crippen molar-refractivity contribution in [2.45, 2.75) is 45.9 Å². The number of guanidine groups is 1. The van der Waals surface area contributed by atoms with E-state index in [0.29, 0.717) is 35.8 Å². The Morgan fingerprint density at radius 2 is 1.65 bits per heavy atom. The lowest BCUT2D eigenvalue weighted by Gasteiger charge is -2.15. The Morgan fingerprint density at radius 3 is 2.13 bits per heavy atom. The van der Waals surface area contributed by atoms with Crippen LogP contribution in [-0.4, -0.2) is 39.4 Å². The van der Waals surface area contributed by atoms with E-state index in [4.69, 9.17) is 23.9 Å². The highest BCUT2D eigenvalue weighted by atomic mass is 16.5. The van der Waals surface area contributed by atoms with Crippen molar-refractivity contribution in [2.24, 2.45) is 10.9 Å². The summed E-state index contributed by atoms with van der Waals surface area (Å²) in [7, 11) is 4.82. The molecule has 1 aliphatic carbocycles. The molecule has 2 unspecified atom stereocenters. The highest BCUT2D eigenvalue weighted by Crippen LogP contribution is 2.38. The van der Waals surface area contributed by atoms with Gasteiger partial charge in [0.25, 0.3) is 0 Å². The van der Waals surface area contributed by atoms with Gasteiger partial charge in [0.05, 0.1) is 34.0 Å². The summed E-state index contributed by atoms with van der Waals surface area (Å²) < 4.78 is 22.0. The lowest BCUT2D eigenvalue weighted by atomic mass is 10.2. The predicted molar refractivity (Wildman–Crippen MR) is 124 cm³/mol. The zero-order valence-corrected chi connectivity index (χ0v) is 19.2. The Kier molecular flexibility index (Phi) is 7.50. The molecule has 31 heavy (non-hydrogen) atoms. The third kappa shape index (κ3) is 6.20. The zero-order chi connectivity index (χ0) is 22.4. The first-order valence-corrected chi connectivity index (χ1v) is 10.6. The van der Waals surface area contributed by atoms with E-state index in [0.717, 1.165) is 29.4 Å². The third-order valence-corrected chi connectivity index (χ3v) is 5.06. The molecule has 0 aliphatic heterocycles. The van der Waals surface area contributed by atoms with Crippen LogP contribution in [0, 0.1) is 5.92 Å². The van der Waals surface area contributed by atoms with E-state index in [1.807, 2.05) is 50.2 Å². The molecule has 2 aromatic carbocycles. The quantitative estimate of drug-likeness (QED) is 0.455. The van der Waals surface area contributed by atoms with Crippen LogP contribution in [0.15, 0.2) is 41.4 Å².